The van der Waals surface area contributed by atoms with Crippen molar-refractivity contribution in [3.63, 3.8) is 0 Å². The van der Waals surface area contributed by atoms with Crippen LogP contribution in [0.5, 0.6) is 5.75 Å². The standard InChI is InChI=1S/C21H25NO3/c1-14-8-15(2)20(16(3)9-14)13-25-19-6-4-17(5-7-19)10-22-11-18(12-22)21(23)24/h4-9,18H,10-13H2,1-3H3,(H,23,24). The Morgan fingerprint density at radius 2 is 1.72 bits per heavy atom. The largest absolute Gasteiger partial charge is 0.489 e. The van der Waals surface area contributed by atoms with Crippen molar-refractivity contribution in [2.24, 2.45) is 5.92 Å². The van der Waals surface area contributed by atoms with Crippen LogP contribution in [0.25, 0.3) is 0 Å². The zero-order chi connectivity index (χ0) is 18.0. The van der Waals surface area contributed by atoms with E-state index in [0.29, 0.717) is 19.7 Å². The van der Waals surface area contributed by atoms with Crippen molar-refractivity contribution in [1.29, 1.82) is 0 Å². The minimum absolute atomic E-state index is 0.205. The summed E-state index contributed by atoms with van der Waals surface area (Å²) in [6.45, 7) is 9.00. The van der Waals surface area contributed by atoms with Gasteiger partial charge in [0.2, 0.25) is 0 Å². The molecule has 0 radical (unpaired) electrons. The predicted octanol–water partition coefficient (Wildman–Crippen LogP) is 3.71. The first-order chi connectivity index (χ1) is 11.9. The molecular formula is C21H25NO3. The molecule has 0 amide bonds. The molecule has 0 saturated carbocycles. The van der Waals surface area contributed by atoms with Gasteiger partial charge in [0, 0.05) is 19.6 Å². The summed E-state index contributed by atoms with van der Waals surface area (Å²) in [5.74, 6) is -0.0413. The number of hydrogen-bond acceptors (Lipinski definition) is 3. The first-order valence-electron chi connectivity index (χ1n) is 8.66. The smallest absolute Gasteiger partial charge is 0.309 e. The van der Waals surface area contributed by atoms with E-state index in [4.69, 9.17) is 9.84 Å². The van der Waals surface area contributed by atoms with E-state index in [0.717, 1.165) is 12.3 Å². The molecule has 0 atom stereocenters. The molecular weight excluding hydrogens is 314 g/mol. The van der Waals surface area contributed by atoms with E-state index in [2.05, 4.69) is 49.9 Å². The van der Waals surface area contributed by atoms with E-state index in [9.17, 15) is 4.79 Å². The van der Waals surface area contributed by atoms with Gasteiger partial charge >= 0.3 is 5.97 Å². The van der Waals surface area contributed by atoms with Crippen molar-refractivity contribution in [3.05, 3.63) is 64.2 Å². The SMILES string of the molecule is Cc1cc(C)c(COc2ccc(CN3CC(C(=O)O)C3)cc2)c(C)c1. The van der Waals surface area contributed by atoms with Crippen molar-refractivity contribution in [2.45, 2.75) is 33.9 Å². The van der Waals surface area contributed by atoms with Gasteiger partial charge in [0.15, 0.2) is 0 Å². The number of carboxylic acids is 1. The van der Waals surface area contributed by atoms with Gasteiger partial charge in [-0.05, 0) is 55.2 Å². The maximum absolute atomic E-state index is 10.8. The van der Waals surface area contributed by atoms with Gasteiger partial charge in [0.1, 0.15) is 12.4 Å². The molecule has 0 aromatic heterocycles. The van der Waals surface area contributed by atoms with Gasteiger partial charge in [-0.15, -0.1) is 0 Å². The van der Waals surface area contributed by atoms with Crippen LogP contribution in [0.2, 0.25) is 0 Å². The summed E-state index contributed by atoms with van der Waals surface area (Å²) >= 11 is 0. The van der Waals surface area contributed by atoms with Gasteiger partial charge in [-0.1, -0.05) is 29.8 Å². The Morgan fingerprint density at radius 3 is 2.28 bits per heavy atom. The second kappa shape index (κ2) is 7.28. The molecule has 1 heterocycles. The normalized spacial score (nSPS) is 15.0. The van der Waals surface area contributed by atoms with Gasteiger partial charge in [-0.25, -0.2) is 0 Å². The number of rotatable bonds is 6. The third kappa shape index (κ3) is 4.20. The lowest BCUT2D eigenvalue weighted by atomic mass is 9.99. The average molecular weight is 339 g/mol. The first-order valence-corrected chi connectivity index (χ1v) is 8.66. The zero-order valence-corrected chi connectivity index (χ0v) is 15.1. The number of ether oxygens (including phenoxy) is 1. The molecule has 0 aliphatic carbocycles. The van der Waals surface area contributed by atoms with Crippen molar-refractivity contribution in [3.8, 4) is 5.75 Å². The molecule has 1 aliphatic heterocycles. The first kappa shape index (κ1) is 17.5. The fourth-order valence-electron chi connectivity index (χ4n) is 3.40. The molecule has 1 saturated heterocycles. The second-order valence-corrected chi connectivity index (χ2v) is 7.04. The summed E-state index contributed by atoms with van der Waals surface area (Å²) in [7, 11) is 0. The number of carboxylic acid groups (broad SMARTS) is 1. The monoisotopic (exact) mass is 339 g/mol. The lowest BCUT2D eigenvalue weighted by Crippen LogP contribution is -2.49. The van der Waals surface area contributed by atoms with Gasteiger partial charge in [-0.2, -0.15) is 0 Å². The Bertz CT molecular complexity index is 738. The van der Waals surface area contributed by atoms with Crippen LogP contribution in [0.3, 0.4) is 0 Å². The van der Waals surface area contributed by atoms with Crippen LogP contribution in [0, 0.1) is 26.7 Å². The van der Waals surface area contributed by atoms with Crippen molar-refractivity contribution in [2.75, 3.05) is 13.1 Å². The Hall–Kier alpha value is -2.33. The summed E-state index contributed by atoms with van der Waals surface area (Å²) in [6, 6.07) is 12.5. The number of likely N-dealkylation sites (tertiary alicyclic amines) is 1. The van der Waals surface area contributed by atoms with Gasteiger partial charge < -0.3 is 9.84 Å². The van der Waals surface area contributed by atoms with Gasteiger partial charge in [-0.3, -0.25) is 9.69 Å². The van der Waals surface area contributed by atoms with Gasteiger partial charge in [0.05, 0.1) is 5.92 Å². The molecule has 25 heavy (non-hydrogen) atoms. The second-order valence-electron chi connectivity index (χ2n) is 7.04. The summed E-state index contributed by atoms with van der Waals surface area (Å²) in [4.78, 5) is 13.0. The molecule has 2 aromatic carbocycles. The molecule has 4 nitrogen and oxygen atoms in total. The van der Waals surface area contributed by atoms with Crippen LogP contribution in [0.1, 0.15) is 27.8 Å². The molecule has 0 bridgehead atoms. The molecule has 2 aromatic rings. The van der Waals surface area contributed by atoms with Crippen LogP contribution >= 0.6 is 0 Å². The quantitative estimate of drug-likeness (QED) is 0.872. The number of aryl methyl sites for hydroxylation is 3. The molecule has 0 unspecified atom stereocenters. The number of hydrogen-bond donors (Lipinski definition) is 1. The third-order valence-corrected chi connectivity index (χ3v) is 4.86. The fraction of sp³-hybridized carbons (Fsp3) is 0.381. The highest BCUT2D eigenvalue weighted by Gasteiger charge is 2.32. The molecule has 4 heteroatoms. The van der Waals surface area contributed by atoms with E-state index in [-0.39, 0.29) is 5.92 Å². The summed E-state index contributed by atoms with van der Waals surface area (Å²) in [5.41, 5.74) is 6.23. The minimum atomic E-state index is -0.693. The molecule has 0 spiro atoms. The number of benzene rings is 2. The summed E-state index contributed by atoms with van der Waals surface area (Å²) < 4.78 is 5.95. The molecule has 3 rings (SSSR count). The lowest BCUT2D eigenvalue weighted by molar-refractivity contribution is -0.147. The minimum Gasteiger partial charge on any atom is -0.489 e. The Kier molecular flexibility index (Phi) is 5.09. The highest BCUT2D eigenvalue weighted by molar-refractivity contribution is 5.71. The highest BCUT2D eigenvalue weighted by atomic mass is 16.5. The topological polar surface area (TPSA) is 49.8 Å². The van der Waals surface area contributed by atoms with Crippen LogP contribution in [0.15, 0.2) is 36.4 Å². The maximum Gasteiger partial charge on any atom is 0.309 e. The average Bonchev–Trinajstić information content (AvgIpc) is 2.50. The lowest BCUT2D eigenvalue weighted by Gasteiger charge is -2.36. The summed E-state index contributed by atoms with van der Waals surface area (Å²) in [5, 5.41) is 8.92. The Morgan fingerprint density at radius 1 is 1.12 bits per heavy atom. The predicted molar refractivity (Wildman–Crippen MR) is 97.8 cm³/mol. The van der Waals surface area contributed by atoms with Crippen molar-refractivity contribution < 1.29 is 14.6 Å². The Labute approximate surface area is 149 Å². The number of carbonyl (C=O) groups is 1. The van der Waals surface area contributed by atoms with Crippen LogP contribution in [-0.2, 0) is 17.9 Å². The number of aliphatic carboxylic acids is 1. The van der Waals surface area contributed by atoms with E-state index in [1.54, 1.807) is 0 Å². The van der Waals surface area contributed by atoms with Crippen LogP contribution in [-0.4, -0.2) is 29.1 Å². The molecule has 1 aliphatic rings. The highest BCUT2D eigenvalue weighted by Crippen LogP contribution is 2.22. The molecule has 132 valence electrons. The van der Waals surface area contributed by atoms with Crippen LogP contribution in [0.4, 0.5) is 0 Å². The molecule has 1 N–H and O–H groups in total. The van der Waals surface area contributed by atoms with E-state index < -0.39 is 5.97 Å². The fourth-order valence-corrected chi connectivity index (χ4v) is 3.40. The van der Waals surface area contributed by atoms with Gasteiger partial charge in [0.25, 0.3) is 0 Å². The van der Waals surface area contributed by atoms with E-state index in [1.807, 2.05) is 12.1 Å². The van der Waals surface area contributed by atoms with E-state index in [1.165, 1.54) is 27.8 Å². The Balaban J connectivity index is 1.54. The number of nitrogens with zero attached hydrogens (tertiary/aromatic N) is 1. The van der Waals surface area contributed by atoms with Crippen molar-refractivity contribution in [1.82, 2.24) is 4.90 Å². The van der Waals surface area contributed by atoms with Crippen molar-refractivity contribution >= 4 is 5.97 Å². The molecule has 1 fully saturated rings. The summed E-state index contributed by atoms with van der Waals surface area (Å²) in [6.07, 6.45) is 0. The maximum atomic E-state index is 10.8. The third-order valence-electron chi connectivity index (χ3n) is 4.86. The van der Waals surface area contributed by atoms with Crippen LogP contribution < -0.4 is 4.74 Å². The van der Waals surface area contributed by atoms with E-state index >= 15 is 0 Å². The zero-order valence-electron chi connectivity index (χ0n) is 15.1.